The van der Waals surface area contributed by atoms with Crippen LogP contribution in [0.2, 0.25) is 0 Å². The molecule has 0 spiro atoms. The largest absolute Gasteiger partial charge is 0.352 e. The van der Waals surface area contributed by atoms with Gasteiger partial charge >= 0.3 is 0 Å². The van der Waals surface area contributed by atoms with Crippen LogP contribution in [0, 0.1) is 6.92 Å². The molecule has 7 heteroatoms. The lowest BCUT2D eigenvalue weighted by molar-refractivity contribution is 0.563. The molecule has 0 N–H and O–H groups in total. The van der Waals surface area contributed by atoms with Crippen molar-refractivity contribution in [2.75, 3.05) is 11.9 Å². The Balaban J connectivity index is 1.78. The topological polar surface area (TPSA) is 64.1 Å². The maximum Gasteiger partial charge on any atom is 0.158 e. The lowest BCUT2D eigenvalue weighted by Crippen LogP contribution is -2.23. The predicted molar refractivity (Wildman–Crippen MR) is 106 cm³/mol. The molecule has 3 aromatic heterocycles. The number of aromatic nitrogens is 6. The number of rotatable bonds is 5. The van der Waals surface area contributed by atoms with Crippen LogP contribution in [-0.4, -0.2) is 36.4 Å². The van der Waals surface area contributed by atoms with Gasteiger partial charge in [0.05, 0.1) is 17.9 Å². The first-order valence-electron chi connectivity index (χ1n) is 9.05. The minimum atomic E-state index is 0.313. The quantitative estimate of drug-likeness (QED) is 0.544. The van der Waals surface area contributed by atoms with Crippen molar-refractivity contribution in [1.82, 2.24) is 29.4 Å². The van der Waals surface area contributed by atoms with E-state index in [0.29, 0.717) is 12.6 Å². The fourth-order valence-corrected chi connectivity index (χ4v) is 3.21. The molecule has 0 saturated heterocycles. The van der Waals surface area contributed by atoms with E-state index in [-0.39, 0.29) is 0 Å². The van der Waals surface area contributed by atoms with Gasteiger partial charge in [-0.15, -0.1) is 10.2 Å². The Morgan fingerprint density at radius 3 is 2.63 bits per heavy atom. The van der Waals surface area contributed by atoms with Crippen molar-refractivity contribution in [3.05, 3.63) is 60.3 Å². The molecule has 7 nitrogen and oxygen atoms in total. The Hall–Kier alpha value is -3.22. The lowest BCUT2D eigenvalue weighted by Gasteiger charge is -2.21. The van der Waals surface area contributed by atoms with E-state index in [9.17, 15) is 0 Å². The van der Waals surface area contributed by atoms with Gasteiger partial charge in [0.15, 0.2) is 11.5 Å². The van der Waals surface area contributed by atoms with Gasteiger partial charge in [-0.1, -0.05) is 30.3 Å². The molecule has 0 unspecified atom stereocenters. The van der Waals surface area contributed by atoms with Gasteiger partial charge in [-0.2, -0.15) is 9.61 Å². The molecule has 0 radical (unpaired) electrons. The maximum atomic E-state index is 4.79. The number of fused-ring (bicyclic) bond motifs is 1. The third-order valence-corrected chi connectivity index (χ3v) is 4.57. The Bertz CT molecular complexity index is 1060. The molecular formula is C20H23N7. The van der Waals surface area contributed by atoms with Crippen LogP contribution in [0.3, 0.4) is 0 Å². The number of anilines is 1. The second kappa shape index (κ2) is 6.83. The van der Waals surface area contributed by atoms with Crippen molar-refractivity contribution in [3.63, 3.8) is 0 Å². The van der Waals surface area contributed by atoms with Crippen molar-refractivity contribution < 1.29 is 0 Å². The molecule has 4 aromatic rings. The smallest absolute Gasteiger partial charge is 0.158 e. The van der Waals surface area contributed by atoms with Crippen LogP contribution >= 0.6 is 0 Å². The fraction of sp³-hybridized carbons (Fsp3) is 0.300. The molecule has 0 aliphatic heterocycles. The highest BCUT2D eigenvalue weighted by Crippen LogP contribution is 2.25. The monoisotopic (exact) mass is 361 g/mol. The van der Waals surface area contributed by atoms with Crippen LogP contribution in [0.4, 0.5) is 5.82 Å². The molecule has 0 fully saturated rings. The molecule has 1 aromatic carbocycles. The first-order valence-corrected chi connectivity index (χ1v) is 9.05. The predicted octanol–water partition coefficient (Wildman–Crippen LogP) is 3.51. The van der Waals surface area contributed by atoms with Gasteiger partial charge in [-0.3, -0.25) is 0 Å². The average molecular weight is 361 g/mol. The second-order valence-corrected chi connectivity index (χ2v) is 7.03. The molecule has 0 bridgehead atoms. The number of aryl methyl sites for hydroxylation is 1. The van der Waals surface area contributed by atoms with Crippen molar-refractivity contribution in [3.8, 4) is 11.3 Å². The fourth-order valence-electron chi connectivity index (χ4n) is 3.21. The van der Waals surface area contributed by atoms with Crippen LogP contribution in [-0.2, 0) is 6.54 Å². The lowest BCUT2D eigenvalue weighted by atomic mass is 10.1. The van der Waals surface area contributed by atoms with Gasteiger partial charge < -0.3 is 9.47 Å². The Morgan fingerprint density at radius 2 is 1.89 bits per heavy atom. The zero-order chi connectivity index (χ0) is 19.0. The van der Waals surface area contributed by atoms with E-state index in [2.05, 4.69) is 56.8 Å². The molecule has 4 rings (SSSR count). The van der Waals surface area contributed by atoms with E-state index < -0.39 is 0 Å². The zero-order valence-corrected chi connectivity index (χ0v) is 16.0. The minimum Gasteiger partial charge on any atom is -0.352 e. The maximum absolute atomic E-state index is 4.79. The summed E-state index contributed by atoms with van der Waals surface area (Å²) in [6, 6.07) is 14.6. The Labute approximate surface area is 158 Å². The SMILES string of the molecule is Cc1cc2nc(-c3ccccc3)cc(N(C)Cc3nncn3C(C)C)n2n1. The Morgan fingerprint density at radius 1 is 1.11 bits per heavy atom. The number of nitrogens with zero attached hydrogens (tertiary/aromatic N) is 7. The first kappa shape index (κ1) is 17.2. The second-order valence-electron chi connectivity index (χ2n) is 7.03. The van der Waals surface area contributed by atoms with E-state index in [1.54, 1.807) is 6.33 Å². The average Bonchev–Trinajstić information content (AvgIpc) is 3.26. The number of hydrogen-bond donors (Lipinski definition) is 0. The standard InChI is InChI=1S/C20H23N7/c1-14(2)26-13-21-23-19(26)12-25(4)20-11-17(16-8-6-5-7-9-16)22-18-10-15(3)24-27(18)20/h5-11,13-14H,12H2,1-4H3. The first-order chi connectivity index (χ1) is 13.0. The van der Waals surface area contributed by atoms with E-state index in [0.717, 1.165) is 34.2 Å². The van der Waals surface area contributed by atoms with E-state index >= 15 is 0 Å². The third-order valence-electron chi connectivity index (χ3n) is 4.57. The van der Waals surface area contributed by atoms with Crippen LogP contribution in [0.5, 0.6) is 0 Å². The molecule has 0 atom stereocenters. The van der Waals surface area contributed by atoms with Gasteiger partial charge in [-0.05, 0) is 20.8 Å². The normalized spacial score (nSPS) is 11.4. The van der Waals surface area contributed by atoms with Gasteiger partial charge in [-0.25, -0.2) is 4.98 Å². The van der Waals surface area contributed by atoms with Crippen LogP contribution < -0.4 is 4.90 Å². The van der Waals surface area contributed by atoms with E-state index in [4.69, 9.17) is 4.98 Å². The Kier molecular flexibility index (Phi) is 4.35. The molecule has 0 saturated carbocycles. The molecule has 138 valence electrons. The molecule has 0 aliphatic carbocycles. The summed E-state index contributed by atoms with van der Waals surface area (Å²) >= 11 is 0. The summed E-state index contributed by atoms with van der Waals surface area (Å²) in [6.07, 6.45) is 1.78. The van der Waals surface area contributed by atoms with E-state index in [1.165, 1.54) is 0 Å². The summed E-state index contributed by atoms with van der Waals surface area (Å²) < 4.78 is 3.97. The van der Waals surface area contributed by atoms with Crippen LogP contribution in [0.25, 0.3) is 16.9 Å². The molecule has 27 heavy (non-hydrogen) atoms. The van der Waals surface area contributed by atoms with Crippen LogP contribution in [0.15, 0.2) is 48.8 Å². The van der Waals surface area contributed by atoms with Crippen molar-refractivity contribution >= 4 is 11.5 Å². The molecule has 0 aliphatic rings. The summed E-state index contributed by atoms with van der Waals surface area (Å²) in [5.41, 5.74) is 3.78. The molecule has 3 heterocycles. The zero-order valence-electron chi connectivity index (χ0n) is 16.0. The summed E-state index contributed by atoms with van der Waals surface area (Å²) in [6.45, 7) is 6.87. The van der Waals surface area contributed by atoms with E-state index in [1.807, 2.05) is 42.8 Å². The highest BCUT2D eigenvalue weighted by atomic mass is 15.4. The highest BCUT2D eigenvalue weighted by molar-refractivity contribution is 5.67. The minimum absolute atomic E-state index is 0.313. The van der Waals surface area contributed by atoms with Crippen molar-refractivity contribution in [2.45, 2.75) is 33.4 Å². The van der Waals surface area contributed by atoms with Crippen LogP contribution in [0.1, 0.15) is 31.4 Å². The number of hydrogen-bond acceptors (Lipinski definition) is 5. The summed E-state index contributed by atoms with van der Waals surface area (Å²) in [5.74, 6) is 1.88. The summed E-state index contributed by atoms with van der Waals surface area (Å²) in [5, 5.41) is 13.0. The third kappa shape index (κ3) is 3.28. The number of benzene rings is 1. The molecule has 0 amide bonds. The van der Waals surface area contributed by atoms with Gasteiger partial charge in [0.2, 0.25) is 0 Å². The van der Waals surface area contributed by atoms with Crippen molar-refractivity contribution in [2.24, 2.45) is 0 Å². The summed E-state index contributed by atoms with van der Waals surface area (Å²) in [7, 11) is 2.04. The van der Waals surface area contributed by atoms with Gasteiger partial charge in [0, 0.05) is 30.8 Å². The van der Waals surface area contributed by atoms with Crippen molar-refractivity contribution in [1.29, 1.82) is 0 Å². The summed E-state index contributed by atoms with van der Waals surface area (Å²) in [4.78, 5) is 6.93. The van der Waals surface area contributed by atoms with Gasteiger partial charge in [0.1, 0.15) is 12.1 Å². The van der Waals surface area contributed by atoms with Gasteiger partial charge in [0.25, 0.3) is 0 Å². The highest BCUT2D eigenvalue weighted by Gasteiger charge is 2.16. The molecular weight excluding hydrogens is 338 g/mol.